The molecule has 1 aliphatic heterocycles. The second kappa shape index (κ2) is 5.78. The summed E-state index contributed by atoms with van der Waals surface area (Å²) < 4.78 is 27.3. The van der Waals surface area contributed by atoms with E-state index in [2.05, 4.69) is 10.3 Å². The van der Waals surface area contributed by atoms with Crippen molar-refractivity contribution in [3.8, 4) is 11.1 Å². The number of benzene rings is 2. The lowest BCUT2D eigenvalue weighted by molar-refractivity contribution is 0.584. The Bertz CT molecular complexity index is 847. The molecule has 0 fully saturated rings. The maximum Gasteiger partial charge on any atom is 0.126 e. The minimum Gasteiger partial charge on any atom is -0.358 e. The summed E-state index contributed by atoms with van der Waals surface area (Å²) in [5.41, 5.74) is 5.04. The Morgan fingerprint density at radius 2 is 1.74 bits per heavy atom. The monoisotopic (exact) mass is 312 g/mol. The number of aromatic amines is 1. The zero-order valence-electron chi connectivity index (χ0n) is 12.8. The highest BCUT2D eigenvalue weighted by Gasteiger charge is 2.17. The van der Waals surface area contributed by atoms with Crippen molar-refractivity contribution >= 4 is 10.9 Å². The molecule has 0 saturated heterocycles. The van der Waals surface area contributed by atoms with Crippen molar-refractivity contribution in [2.75, 3.05) is 13.1 Å². The van der Waals surface area contributed by atoms with Crippen molar-refractivity contribution in [3.05, 3.63) is 59.3 Å². The van der Waals surface area contributed by atoms with Crippen LogP contribution in [0.25, 0.3) is 22.0 Å². The molecule has 1 aliphatic rings. The number of halogens is 2. The topological polar surface area (TPSA) is 27.8 Å². The first-order valence-corrected chi connectivity index (χ1v) is 8.02. The molecule has 2 N–H and O–H groups in total. The first kappa shape index (κ1) is 14.4. The number of aromatic nitrogens is 1. The van der Waals surface area contributed by atoms with Crippen molar-refractivity contribution < 1.29 is 8.78 Å². The van der Waals surface area contributed by atoms with E-state index in [1.165, 1.54) is 23.4 Å². The van der Waals surface area contributed by atoms with Crippen molar-refractivity contribution in [2.24, 2.45) is 0 Å². The number of hydrogen-bond donors (Lipinski definition) is 2. The number of fused-ring (bicyclic) bond motifs is 3. The highest BCUT2D eigenvalue weighted by molar-refractivity contribution is 5.98. The van der Waals surface area contributed by atoms with Crippen molar-refractivity contribution in [2.45, 2.75) is 19.3 Å². The van der Waals surface area contributed by atoms with Gasteiger partial charge < -0.3 is 10.3 Å². The summed E-state index contributed by atoms with van der Waals surface area (Å²) in [5, 5.41) is 4.52. The Morgan fingerprint density at radius 3 is 2.57 bits per heavy atom. The van der Waals surface area contributed by atoms with Crippen LogP contribution in [0.15, 0.2) is 36.4 Å². The van der Waals surface area contributed by atoms with Crippen LogP contribution in [0.5, 0.6) is 0 Å². The third kappa shape index (κ3) is 2.63. The molecule has 0 saturated carbocycles. The molecule has 2 aromatic carbocycles. The summed E-state index contributed by atoms with van der Waals surface area (Å²) in [6, 6.07) is 9.62. The number of aryl methyl sites for hydroxylation is 1. The summed E-state index contributed by atoms with van der Waals surface area (Å²) in [5.74, 6) is -1.09. The molecule has 0 atom stereocenters. The number of hydrogen-bond acceptors (Lipinski definition) is 1. The SMILES string of the molecule is Fc1cc(F)cc(-c2cccc3[nH]c4c(c23)CCNCCC4)c1. The molecule has 0 aliphatic carbocycles. The van der Waals surface area contributed by atoms with Crippen LogP contribution in [0.4, 0.5) is 8.78 Å². The minimum atomic E-state index is -0.544. The van der Waals surface area contributed by atoms with Gasteiger partial charge in [0.1, 0.15) is 11.6 Å². The Balaban J connectivity index is 1.96. The Kier molecular flexibility index (Phi) is 3.62. The largest absolute Gasteiger partial charge is 0.358 e. The lowest BCUT2D eigenvalue weighted by Gasteiger charge is -2.12. The molecule has 3 aromatic rings. The molecule has 23 heavy (non-hydrogen) atoms. The van der Waals surface area contributed by atoms with Crippen LogP contribution in [0.1, 0.15) is 17.7 Å². The van der Waals surface area contributed by atoms with Crippen LogP contribution in [-0.2, 0) is 12.8 Å². The molecule has 118 valence electrons. The molecule has 2 nitrogen and oxygen atoms in total. The van der Waals surface area contributed by atoms with Gasteiger partial charge in [-0.1, -0.05) is 12.1 Å². The smallest absolute Gasteiger partial charge is 0.126 e. The lowest BCUT2D eigenvalue weighted by atomic mass is 9.95. The molecular formula is C19H18F2N2. The first-order chi connectivity index (χ1) is 11.2. The molecule has 4 heteroatoms. The first-order valence-electron chi connectivity index (χ1n) is 8.02. The van der Waals surface area contributed by atoms with Crippen LogP contribution >= 0.6 is 0 Å². The molecule has 0 spiro atoms. The predicted octanol–water partition coefficient (Wildman–Crippen LogP) is 4.19. The van der Waals surface area contributed by atoms with Crippen molar-refractivity contribution in [1.82, 2.24) is 10.3 Å². The zero-order valence-corrected chi connectivity index (χ0v) is 12.8. The van der Waals surface area contributed by atoms with Crippen LogP contribution < -0.4 is 5.32 Å². The highest BCUT2D eigenvalue weighted by atomic mass is 19.1. The Morgan fingerprint density at radius 1 is 0.913 bits per heavy atom. The Hall–Kier alpha value is -2.20. The number of H-pyrrole nitrogens is 1. The van der Waals surface area contributed by atoms with E-state index in [1.807, 2.05) is 18.2 Å². The van der Waals surface area contributed by atoms with Gasteiger partial charge in [-0.15, -0.1) is 0 Å². The van der Waals surface area contributed by atoms with Gasteiger partial charge in [-0.3, -0.25) is 0 Å². The summed E-state index contributed by atoms with van der Waals surface area (Å²) >= 11 is 0. The fourth-order valence-corrected chi connectivity index (χ4v) is 3.54. The van der Waals surface area contributed by atoms with E-state index >= 15 is 0 Å². The normalized spacial score (nSPS) is 15.2. The average Bonchev–Trinajstić information content (AvgIpc) is 2.83. The van der Waals surface area contributed by atoms with Gasteiger partial charge in [0.15, 0.2) is 0 Å². The summed E-state index contributed by atoms with van der Waals surface area (Å²) in [7, 11) is 0. The fourth-order valence-electron chi connectivity index (χ4n) is 3.54. The number of nitrogens with one attached hydrogen (secondary N) is 2. The van der Waals surface area contributed by atoms with Gasteiger partial charge in [0, 0.05) is 22.7 Å². The van der Waals surface area contributed by atoms with Crippen molar-refractivity contribution in [1.29, 1.82) is 0 Å². The molecule has 0 amide bonds. The molecule has 2 heterocycles. The van der Waals surface area contributed by atoms with Crippen LogP contribution in [0.3, 0.4) is 0 Å². The van der Waals surface area contributed by atoms with E-state index in [-0.39, 0.29) is 0 Å². The molecule has 1 aromatic heterocycles. The van der Waals surface area contributed by atoms with E-state index in [0.717, 1.165) is 54.9 Å². The fraction of sp³-hybridized carbons (Fsp3) is 0.263. The van der Waals surface area contributed by atoms with Crippen molar-refractivity contribution in [3.63, 3.8) is 0 Å². The lowest BCUT2D eigenvalue weighted by Crippen LogP contribution is -2.21. The van der Waals surface area contributed by atoms with Gasteiger partial charge in [-0.25, -0.2) is 8.78 Å². The summed E-state index contributed by atoms with van der Waals surface area (Å²) in [4.78, 5) is 3.51. The van der Waals surface area contributed by atoms with Gasteiger partial charge >= 0.3 is 0 Å². The second-order valence-electron chi connectivity index (χ2n) is 6.07. The Labute approximate surface area is 133 Å². The molecular weight excluding hydrogens is 294 g/mol. The van der Waals surface area contributed by atoms with Crippen LogP contribution in [-0.4, -0.2) is 18.1 Å². The minimum absolute atomic E-state index is 0.544. The maximum absolute atomic E-state index is 13.6. The van der Waals surface area contributed by atoms with E-state index in [4.69, 9.17) is 0 Å². The maximum atomic E-state index is 13.6. The molecule has 0 radical (unpaired) electrons. The van der Waals surface area contributed by atoms with E-state index in [9.17, 15) is 8.78 Å². The number of rotatable bonds is 1. The van der Waals surface area contributed by atoms with Crippen LogP contribution in [0.2, 0.25) is 0 Å². The van der Waals surface area contributed by atoms with E-state index in [0.29, 0.717) is 5.56 Å². The zero-order chi connectivity index (χ0) is 15.8. The van der Waals surface area contributed by atoms with Gasteiger partial charge in [0.2, 0.25) is 0 Å². The van der Waals surface area contributed by atoms with Gasteiger partial charge in [-0.05, 0) is 67.2 Å². The van der Waals surface area contributed by atoms with Gasteiger partial charge in [0.05, 0.1) is 0 Å². The van der Waals surface area contributed by atoms with Gasteiger partial charge in [0.25, 0.3) is 0 Å². The quantitative estimate of drug-likeness (QED) is 0.693. The molecule has 4 rings (SSSR count). The standard InChI is InChI=1S/C19H18F2N2/c20-13-9-12(10-14(21)11-13)15-3-1-4-18-19(15)16-6-8-22-7-2-5-17(16)23-18/h1,3-4,9-11,22-23H,2,5-8H2. The van der Waals surface area contributed by atoms with E-state index < -0.39 is 11.6 Å². The summed E-state index contributed by atoms with van der Waals surface area (Å²) in [6.45, 7) is 1.95. The predicted molar refractivity (Wildman–Crippen MR) is 88.5 cm³/mol. The highest BCUT2D eigenvalue weighted by Crippen LogP contribution is 2.34. The second-order valence-corrected chi connectivity index (χ2v) is 6.07. The average molecular weight is 312 g/mol. The third-order valence-electron chi connectivity index (χ3n) is 4.52. The van der Waals surface area contributed by atoms with Crippen LogP contribution in [0, 0.1) is 11.6 Å². The molecule has 0 unspecified atom stereocenters. The van der Waals surface area contributed by atoms with Gasteiger partial charge in [-0.2, -0.15) is 0 Å². The third-order valence-corrected chi connectivity index (χ3v) is 4.52. The molecule has 0 bridgehead atoms. The van der Waals surface area contributed by atoms with E-state index in [1.54, 1.807) is 0 Å². The summed E-state index contributed by atoms with van der Waals surface area (Å²) in [6.07, 6.45) is 3.00.